The van der Waals surface area contributed by atoms with Gasteiger partial charge in [-0.2, -0.15) is 10.1 Å². The largest absolute Gasteiger partial charge is 0.339 e. The van der Waals surface area contributed by atoms with Crippen molar-refractivity contribution in [3.63, 3.8) is 0 Å². The average molecular weight is 338 g/mol. The summed E-state index contributed by atoms with van der Waals surface area (Å²) in [7, 11) is 0. The van der Waals surface area contributed by atoms with Crippen molar-refractivity contribution in [1.82, 2.24) is 29.8 Å². The molecule has 1 atom stereocenters. The standard InChI is InChI=1S/C18H22N6O/c1-12-16(13(2)24(21-12)17-6-4-5-8-19-17)11-23-9-7-15(10-23)18-20-14(3)22-25-18/h4-6,8,15H,7,9-11H2,1-3H3. The molecule has 0 spiro atoms. The minimum atomic E-state index is 0.327. The number of pyridine rings is 1. The van der Waals surface area contributed by atoms with Crippen molar-refractivity contribution in [3.05, 3.63) is 53.1 Å². The van der Waals surface area contributed by atoms with E-state index in [4.69, 9.17) is 4.52 Å². The Kier molecular flexibility index (Phi) is 4.09. The molecule has 7 heteroatoms. The molecule has 1 aliphatic heterocycles. The molecule has 25 heavy (non-hydrogen) atoms. The van der Waals surface area contributed by atoms with Crippen molar-refractivity contribution in [2.45, 2.75) is 39.7 Å². The van der Waals surface area contributed by atoms with E-state index in [9.17, 15) is 0 Å². The van der Waals surface area contributed by atoms with E-state index < -0.39 is 0 Å². The summed E-state index contributed by atoms with van der Waals surface area (Å²) < 4.78 is 7.27. The zero-order valence-electron chi connectivity index (χ0n) is 14.8. The third-order valence-electron chi connectivity index (χ3n) is 4.85. The van der Waals surface area contributed by atoms with Crippen LogP contribution in [0.3, 0.4) is 0 Å². The van der Waals surface area contributed by atoms with Gasteiger partial charge in [0.2, 0.25) is 5.89 Å². The predicted octanol–water partition coefficient (Wildman–Crippen LogP) is 2.57. The number of aromatic nitrogens is 5. The summed E-state index contributed by atoms with van der Waals surface area (Å²) in [6.45, 7) is 8.89. The number of hydrogen-bond donors (Lipinski definition) is 0. The Morgan fingerprint density at radius 2 is 2.12 bits per heavy atom. The number of aryl methyl sites for hydroxylation is 2. The molecule has 3 aromatic rings. The fourth-order valence-corrected chi connectivity index (χ4v) is 3.49. The fourth-order valence-electron chi connectivity index (χ4n) is 3.49. The maximum Gasteiger partial charge on any atom is 0.231 e. The third-order valence-corrected chi connectivity index (χ3v) is 4.85. The van der Waals surface area contributed by atoms with Gasteiger partial charge in [-0.3, -0.25) is 4.90 Å². The van der Waals surface area contributed by atoms with Crippen LogP contribution in [0.4, 0.5) is 0 Å². The van der Waals surface area contributed by atoms with Crippen LogP contribution in [0.15, 0.2) is 28.9 Å². The van der Waals surface area contributed by atoms with Crippen molar-refractivity contribution in [2.75, 3.05) is 13.1 Å². The Hall–Kier alpha value is -2.54. The van der Waals surface area contributed by atoms with E-state index >= 15 is 0 Å². The van der Waals surface area contributed by atoms with Gasteiger partial charge >= 0.3 is 0 Å². The molecular weight excluding hydrogens is 316 g/mol. The Morgan fingerprint density at radius 3 is 2.84 bits per heavy atom. The van der Waals surface area contributed by atoms with E-state index in [-0.39, 0.29) is 0 Å². The zero-order chi connectivity index (χ0) is 17.4. The molecule has 3 aromatic heterocycles. The van der Waals surface area contributed by atoms with Gasteiger partial charge in [-0.25, -0.2) is 9.67 Å². The molecule has 130 valence electrons. The lowest BCUT2D eigenvalue weighted by Crippen LogP contribution is -2.20. The zero-order valence-corrected chi connectivity index (χ0v) is 14.8. The van der Waals surface area contributed by atoms with Gasteiger partial charge in [0.1, 0.15) is 0 Å². The highest BCUT2D eigenvalue weighted by Gasteiger charge is 2.29. The van der Waals surface area contributed by atoms with Gasteiger partial charge < -0.3 is 4.52 Å². The van der Waals surface area contributed by atoms with Crippen LogP contribution in [0.5, 0.6) is 0 Å². The molecule has 0 aliphatic carbocycles. The third kappa shape index (κ3) is 3.07. The Labute approximate surface area is 146 Å². The second-order valence-corrected chi connectivity index (χ2v) is 6.65. The number of likely N-dealkylation sites (tertiary alicyclic amines) is 1. The second kappa shape index (κ2) is 6.40. The SMILES string of the molecule is Cc1noc(C2CCN(Cc3c(C)nn(-c4ccccn4)c3C)C2)n1. The van der Waals surface area contributed by atoms with Gasteiger partial charge in [0.05, 0.1) is 11.6 Å². The Morgan fingerprint density at radius 1 is 1.24 bits per heavy atom. The lowest BCUT2D eigenvalue weighted by atomic mass is 10.1. The van der Waals surface area contributed by atoms with Crippen LogP contribution in [0.25, 0.3) is 5.82 Å². The smallest absolute Gasteiger partial charge is 0.231 e. The normalized spacial score (nSPS) is 18.1. The summed E-state index contributed by atoms with van der Waals surface area (Å²) in [4.78, 5) is 11.2. The van der Waals surface area contributed by atoms with Crippen LogP contribution < -0.4 is 0 Å². The Balaban J connectivity index is 1.51. The van der Waals surface area contributed by atoms with Gasteiger partial charge in [-0.05, 0) is 45.9 Å². The highest BCUT2D eigenvalue weighted by atomic mass is 16.5. The predicted molar refractivity (Wildman–Crippen MR) is 92.5 cm³/mol. The van der Waals surface area contributed by atoms with E-state index in [1.165, 1.54) is 5.56 Å². The van der Waals surface area contributed by atoms with Crippen LogP contribution in [-0.4, -0.2) is 42.9 Å². The van der Waals surface area contributed by atoms with E-state index in [0.29, 0.717) is 11.7 Å². The molecule has 0 N–H and O–H groups in total. The van der Waals surface area contributed by atoms with Crippen molar-refractivity contribution >= 4 is 0 Å². The topological polar surface area (TPSA) is 72.9 Å². The van der Waals surface area contributed by atoms with Gasteiger partial charge in [-0.15, -0.1) is 0 Å². The first-order chi connectivity index (χ1) is 12.1. The van der Waals surface area contributed by atoms with Crippen molar-refractivity contribution < 1.29 is 4.52 Å². The van der Waals surface area contributed by atoms with E-state index in [0.717, 1.165) is 49.2 Å². The van der Waals surface area contributed by atoms with Crippen molar-refractivity contribution in [3.8, 4) is 5.82 Å². The van der Waals surface area contributed by atoms with Crippen LogP contribution in [-0.2, 0) is 6.54 Å². The first-order valence-corrected chi connectivity index (χ1v) is 8.61. The first kappa shape index (κ1) is 16.0. The van der Waals surface area contributed by atoms with Crippen LogP contribution >= 0.6 is 0 Å². The monoisotopic (exact) mass is 338 g/mol. The lowest BCUT2D eigenvalue weighted by Gasteiger charge is -2.15. The molecule has 0 saturated carbocycles. The van der Waals surface area contributed by atoms with Crippen molar-refractivity contribution in [1.29, 1.82) is 0 Å². The van der Waals surface area contributed by atoms with E-state index in [1.54, 1.807) is 6.20 Å². The van der Waals surface area contributed by atoms with Crippen molar-refractivity contribution in [2.24, 2.45) is 0 Å². The molecule has 0 amide bonds. The van der Waals surface area contributed by atoms with E-state index in [2.05, 4.69) is 39.0 Å². The molecule has 1 fully saturated rings. The summed E-state index contributed by atoms with van der Waals surface area (Å²) >= 11 is 0. The molecule has 0 aromatic carbocycles. The number of nitrogens with zero attached hydrogens (tertiary/aromatic N) is 6. The van der Waals surface area contributed by atoms with Gasteiger partial charge in [0, 0.05) is 30.5 Å². The fraction of sp³-hybridized carbons (Fsp3) is 0.444. The summed E-state index contributed by atoms with van der Waals surface area (Å²) in [5, 5.41) is 8.60. The highest BCUT2D eigenvalue weighted by Crippen LogP contribution is 2.28. The van der Waals surface area contributed by atoms with Gasteiger partial charge in [0.15, 0.2) is 11.6 Å². The van der Waals surface area contributed by atoms with Crippen LogP contribution in [0.2, 0.25) is 0 Å². The minimum absolute atomic E-state index is 0.327. The van der Waals surface area contributed by atoms with Crippen LogP contribution in [0, 0.1) is 20.8 Å². The first-order valence-electron chi connectivity index (χ1n) is 8.61. The van der Waals surface area contributed by atoms with Gasteiger partial charge in [-0.1, -0.05) is 11.2 Å². The molecule has 1 saturated heterocycles. The molecular formula is C18H22N6O. The molecule has 1 aliphatic rings. The molecule has 4 rings (SSSR count). The lowest BCUT2D eigenvalue weighted by molar-refractivity contribution is 0.307. The summed E-state index contributed by atoms with van der Waals surface area (Å²) in [5.74, 6) is 2.65. The van der Waals surface area contributed by atoms with Crippen LogP contribution in [0.1, 0.15) is 41.0 Å². The number of rotatable bonds is 4. The molecule has 0 radical (unpaired) electrons. The quantitative estimate of drug-likeness (QED) is 0.728. The highest BCUT2D eigenvalue weighted by molar-refractivity contribution is 5.32. The number of hydrogen-bond acceptors (Lipinski definition) is 6. The molecule has 7 nitrogen and oxygen atoms in total. The maximum atomic E-state index is 5.34. The van der Waals surface area contributed by atoms with Gasteiger partial charge in [0.25, 0.3) is 0 Å². The Bertz CT molecular complexity index is 869. The average Bonchev–Trinajstić information content (AvgIpc) is 3.32. The van der Waals surface area contributed by atoms with E-state index in [1.807, 2.05) is 29.8 Å². The summed E-state index contributed by atoms with van der Waals surface area (Å²) in [5.41, 5.74) is 3.47. The minimum Gasteiger partial charge on any atom is -0.339 e. The molecule has 0 bridgehead atoms. The second-order valence-electron chi connectivity index (χ2n) is 6.65. The summed E-state index contributed by atoms with van der Waals surface area (Å²) in [6, 6.07) is 5.88. The maximum absolute atomic E-state index is 5.34. The molecule has 4 heterocycles. The summed E-state index contributed by atoms with van der Waals surface area (Å²) in [6.07, 6.45) is 2.84. The molecule has 1 unspecified atom stereocenters.